The van der Waals surface area contributed by atoms with Gasteiger partial charge in [0.25, 0.3) is 5.91 Å². The Balaban J connectivity index is 1.60. The molecule has 0 aliphatic carbocycles. The number of amides is 1. The molecule has 3 rings (SSSR count). The molecular weight excluding hydrogens is 312 g/mol. The molecule has 1 heterocycles. The number of likely N-dealkylation sites (tertiary alicyclic amines) is 1. The number of hydrogen-bond donors (Lipinski definition) is 1. The summed E-state index contributed by atoms with van der Waals surface area (Å²) in [7, 11) is 0. The lowest BCUT2D eigenvalue weighted by molar-refractivity contribution is -0.134. The first-order valence-corrected chi connectivity index (χ1v) is 8.96. The van der Waals surface area contributed by atoms with Crippen LogP contribution in [0.5, 0.6) is 5.75 Å². The second-order valence-corrected chi connectivity index (χ2v) is 6.73. The molecule has 0 radical (unpaired) electrons. The van der Waals surface area contributed by atoms with Crippen LogP contribution >= 0.6 is 0 Å². The monoisotopic (exact) mass is 338 g/mol. The maximum Gasteiger partial charge on any atom is 0.260 e. The first kappa shape index (κ1) is 17.5. The van der Waals surface area contributed by atoms with Gasteiger partial charge in [-0.05, 0) is 37.3 Å². The lowest BCUT2D eigenvalue weighted by Gasteiger charge is -2.33. The highest BCUT2D eigenvalue weighted by atomic mass is 16.5. The highest BCUT2D eigenvalue weighted by Gasteiger charge is 2.25. The van der Waals surface area contributed by atoms with E-state index in [2.05, 4.69) is 0 Å². The second kappa shape index (κ2) is 8.17. The fourth-order valence-electron chi connectivity index (χ4n) is 3.35. The molecule has 1 amide bonds. The number of ether oxygens (including phenoxy) is 1. The Morgan fingerprint density at radius 3 is 2.44 bits per heavy atom. The van der Waals surface area contributed by atoms with E-state index in [1.54, 1.807) is 0 Å². The van der Waals surface area contributed by atoms with Crippen LogP contribution < -0.4 is 10.5 Å². The van der Waals surface area contributed by atoms with Gasteiger partial charge < -0.3 is 15.4 Å². The summed E-state index contributed by atoms with van der Waals surface area (Å²) in [5.41, 5.74) is 8.06. The number of hydrogen-bond acceptors (Lipinski definition) is 3. The van der Waals surface area contributed by atoms with Gasteiger partial charge in [-0.1, -0.05) is 48.5 Å². The molecule has 1 aliphatic rings. The summed E-state index contributed by atoms with van der Waals surface area (Å²) in [6, 6.07) is 18.1. The van der Waals surface area contributed by atoms with Crippen molar-refractivity contribution >= 4 is 5.91 Å². The van der Waals surface area contributed by atoms with Crippen LogP contribution in [-0.4, -0.2) is 36.5 Å². The molecule has 132 valence electrons. The summed E-state index contributed by atoms with van der Waals surface area (Å²) in [5, 5.41) is 0. The lowest BCUT2D eigenvalue weighted by Crippen LogP contribution is -2.44. The molecule has 1 saturated heterocycles. The molecule has 1 aliphatic heterocycles. The normalized spacial score (nSPS) is 16.5. The van der Waals surface area contributed by atoms with Crippen molar-refractivity contribution in [2.45, 2.75) is 25.8 Å². The number of piperidine rings is 1. The summed E-state index contributed by atoms with van der Waals surface area (Å²) < 4.78 is 5.86. The van der Waals surface area contributed by atoms with E-state index in [9.17, 15) is 4.79 Å². The average molecular weight is 338 g/mol. The lowest BCUT2D eigenvalue weighted by atomic mass is 9.91. The zero-order valence-electron chi connectivity index (χ0n) is 14.7. The Kier molecular flexibility index (Phi) is 5.71. The van der Waals surface area contributed by atoms with Crippen molar-refractivity contribution in [2.75, 3.05) is 19.7 Å². The molecule has 0 bridgehead atoms. The molecule has 0 spiro atoms. The highest BCUT2D eigenvalue weighted by Crippen LogP contribution is 2.29. The number of para-hydroxylation sites is 1. The minimum Gasteiger partial charge on any atom is -0.483 e. The topological polar surface area (TPSA) is 55.6 Å². The zero-order valence-corrected chi connectivity index (χ0v) is 14.7. The fourth-order valence-corrected chi connectivity index (χ4v) is 3.35. The molecule has 0 aromatic heterocycles. The molecular formula is C21H26N2O2. The van der Waals surface area contributed by atoms with Crippen molar-refractivity contribution in [3.05, 3.63) is 54.6 Å². The van der Waals surface area contributed by atoms with E-state index < -0.39 is 0 Å². The van der Waals surface area contributed by atoms with Crippen LogP contribution in [0.3, 0.4) is 0 Å². The molecule has 2 aromatic rings. The van der Waals surface area contributed by atoms with Crippen molar-refractivity contribution in [2.24, 2.45) is 11.7 Å². The van der Waals surface area contributed by atoms with Gasteiger partial charge in [0, 0.05) is 24.7 Å². The van der Waals surface area contributed by atoms with Crippen molar-refractivity contribution in [1.29, 1.82) is 0 Å². The number of nitrogens with zero attached hydrogens (tertiary/aromatic N) is 1. The van der Waals surface area contributed by atoms with E-state index in [1.807, 2.05) is 66.4 Å². The van der Waals surface area contributed by atoms with Crippen molar-refractivity contribution in [3.63, 3.8) is 0 Å². The van der Waals surface area contributed by atoms with E-state index in [-0.39, 0.29) is 18.6 Å². The molecule has 0 saturated carbocycles. The highest BCUT2D eigenvalue weighted by molar-refractivity contribution is 5.78. The summed E-state index contributed by atoms with van der Waals surface area (Å²) >= 11 is 0. The van der Waals surface area contributed by atoms with Crippen LogP contribution in [0.25, 0.3) is 11.1 Å². The standard InChI is InChI=1S/C21H26N2O2/c1-16(22)17-11-13-23(14-12-17)21(24)15-25-20-10-6-5-9-19(20)18-7-3-2-4-8-18/h2-10,16-17H,11-15,22H2,1H3. The van der Waals surface area contributed by atoms with Gasteiger partial charge in [-0.2, -0.15) is 0 Å². The maximum atomic E-state index is 12.5. The smallest absolute Gasteiger partial charge is 0.260 e. The number of carbonyl (C=O) groups is 1. The van der Waals surface area contributed by atoms with Gasteiger partial charge in [0.05, 0.1) is 0 Å². The summed E-state index contributed by atoms with van der Waals surface area (Å²) in [6.45, 7) is 3.67. The van der Waals surface area contributed by atoms with E-state index in [1.165, 1.54) is 0 Å². The fraction of sp³-hybridized carbons (Fsp3) is 0.381. The quantitative estimate of drug-likeness (QED) is 0.910. The number of rotatable bonds is 5. The molecule has 25 heavy (non-hydrogen) atoms. The van der Waals surface area contributed by atoms with Crippen LogP contribution in [0, 0.1) is 5.92 Å². The van der Waals surface area contributed by atoms with Crippen LogP contribution in [-0.2, 0) is 4.79 Å². The van der Waals surface area contributed by atoms with Gasteiger partial charge >= 0.3 is 0 Å². The van der Waals surface area contributed by atoms with Gasteiger partial charge in [0.15, 0.2) is 6.61 Å². The van der Waals surface area contributed by atoms with Crippen molar-refractivity contribution in [1.82, 2.24) is 4.90 Å². The molecule has 1 unspecified atom stereocenters. The molecule has 4 heteroatoms. The zero-order chi connectivity index (χ0) is 17.6. The minimum atomic E-state index is 0.0472. The Morgan fingerprint density at radius 1 is 1.12 bits per heavy atom. The van der Waals surface area contributed by atoms with Gasteiger partial charge in [0.2, 0.25) is 0 Å². The van der Waals surface area contributed by atoms with Crippen molar-refractivity contribution in [3.8, 4) is 16.9 Å². The molecule has 1 atom stereocenters. The van der Waals surface area contributed by atoms with Gasteiger partial charge in [-0.15, -0.1) is 0 Å². The number of nitrogens with two attached hydrogens (primary N) is 1. The van der Waals surface area contributed by atoms with Crippen LogP contribution in [0.2, 0.25) is 0 Å². The van der Waals surface area contributed by atoms with Crippen LogP contribution in [0.1, 0.15) is 19.8 Å². The molecule has 2 aromatic carbocycles. The Morgan fingerprint density at radius 2 is 1.76 bits per heavy atom. The van der Waals surface area contributed by atoms with Crippen LogP contribution in [0.4, 0.5) is 0 Å². The summed E-state index contributed by atoms with van der Waals surface area (Å²) in [5.74, 6) is 1.31. The van der Waals surface area contributed by atoms with E-state index in [4.69, 9.17) is 10.5 Å². The van der Waals surface area contributed by atoms with Crippen LogP contribution in [0.15, 0.2) is 54.6 Å². The number of benzene rings is 2. The average Bonchev–Trinajstić information content (AvgIpc) is 2.67. The SMILES string of the molecule is CC(N)C1CCN(C(=O)COc2ccccc2-c2ccccc2)CC1. The first-order valence-electron chi connectivity index (χ1n) is 8.96. The second-order valence-electron chi connectivity index (χ2n) is 6.73. The predicted molar refractivity (Wildman–Crippen MR) is 100 cm³/mol. The maximum absolute atomic E-state index is 12.5. The molecule has 2 N–H and O–H groups in total. The van der Waals surface area contributed by atoms with Gasteiger partial charge in [0.1, 0.15) is 5.75 Å². The Bertz CT molecular complexity index is 692. The van der Waals surface area contributed by atoms with E-state index >= 15 is 0 Å². The van der Waals surface area contributed by atoms with E-state index in [0.717, 1.165) is 42.8 Å². The predicted octanol–water partition coefficient (Wildman–Crippen LogP) is 3.32. The summed E-state index contributed by atoms with van der Waals surface area (Å²) in [6.07, 6.45) is 1.95. The molecule has 1 fully saturated rings. The Labute approximate surface area is 149 Å². The third-order valence-corrected chi connectivity index (χ3v) is 4.96. The first-order chi connectivity index (χ1) is 12.1. The third kappa shape index (κ3) is 4.40. The third-order valence-electron chi connectivity index (χ3n) is 4.96. The van der Waals surface area contributed by atoms with Crippen molar-refractivity contribution < 1.29 is 9.53 Å². The van der Waals surface area contributed by atoms with Gasteiger partial charge in [-0.3, -0.25) is 4.79 Å². The molecule has 4 nitrogen and oxygen atoms in total. The minimum absolute atomic E-state index is 0.0472. The van der Waals surface area contributed by atoms with E-state index in [0.29, 0.717) is 5.92 Å². The van der Waals surface area contributed by atoms with Gasteiger partial charge in [-0.25, -0.2) is 0 Å². The largest absolute Gasteiger partial charge is 0.483 e. The number of carbonyl (C=O) groups excluding carboxylic acids is 1. The Hall–Kier alpha value is -2.33. The summed E-state index contributed by atoms with van der Waals surface area (Å²) in [4.78, 5) is 14.4.